The molecule has 0 aliphatic carbocycles. The van der Waals surface area contributed by atoms with Crippen LogP contribution in [0, 0.1) is 11.8 Å². The highest BCUT2D eigenvalue weighted by Gasteiger charge is 2.63. The summed E-state index contributed by atoms with van der Waals surface area (Å²) < 4.78 is 18.5. The van der Waals surface area contributed by atoms with E-state index in [2.05, 4.69) is 55.7 Å². The van der Waals surface area contributed by atoms with Crippen LogP contribution in [0.25, 0.3) is 6.08 Å². The molecule has 0 bridgehead atoms. The first-order valence-corrected chi connectivity index (χ1v) is 12.2. The summed E-state index contributed by atoms with van der Waals surface area (Å²) in [7, 11) is 3.05. The predicted octanol–water partition coefficient (Wildman–Crippen LogP) is 4.75. The van der Waals surface area contributed by atoms with Crippen LogP contribution in [0.1, 0.15) is 45.1 Å². The highest BCUT2D eigenvalue weighted by atomic mass is 28.4. The molecule has 2 rings (SSSR count). The fourth-order valence-electron chi connectivity index (χ4n) is 4.93. The molecule has 1 saturated heterocycles. The number of benzene rings is 1. The number of rotatable bonds is 10. The Balaban J connectivity index is 2.11. The lowest BCUT2D eigenvalue weighted by Crippen LogP contribution is -2.69. The van der Waals surface area contributed by atoms with Gasteiger partial charge in [0, 0.05) is 27.9 Å². The highest BCUT2D eigenvalue weighted by molar-refractivity contribution is 6.70. The summed E-state index contributed by atoms with van der Waals surface area (Å²) in [5.41, 5.74) is 1.21. The van der Waals surface area contributed by atoms with Crippen LogP contribution in [0.5, 0.6) is 0 Å². The van der Waals surface area contributed by atoms with Crippen LogP contribution in [-0.2, 0) is 13.6 Å². The molecule has 1 fully saturated rings. The topological polar surface area (TPSA) is 39.7 Å². The Morgan fingerprint density at radius 3 is 2.52 bits per heavy atom. The van der Waals surface area contributed by atoms with Gasteiger partial charge in [-0.2, -0.15) is 0 Å². The van der Waals surface area contributed by atoms with Crippen molar-refractivity contribution < 1.29 is 13.6 Å². The molecule has 1 aliphatic rings. The Morgan fingerprint density at radius 1 is 1.22 bits per heavy atom. The Morgan fingerprint density at radius 2 is 1.93 bits per heavy atom. The van der Waals surface area contributed by atoms with Crippen molar-refractivity contribution in [2.24, 2.45) is 11.8 Å². The molecule has 0 radical (unpaired) electrons. The van der Waals surface area contributed by atoms with E-state index in [1.807, 2.05) is 27.4 Å². The van der Waals surface area contributed by atoms with E-state index in [0.717, 1.165) is 31.9 Å². The van der Waals surface area contributed by atoms with Crippen molar-refractivity contribution in [2.45, 2.75) is 50.8 Å². The normalized spacial score (nSPS) is 26.2. The third-order valence-electron chi connectivity index (χ3n) is 6.23. The number of nitrogens with one attached hydrogen (secondary N) is 1. The monoisotopic (exact) mass is 391 g/mol. The zero-order chi connectivity index (χ0) is 19.8. The largest absolute Gasteiger partial charge is 0.396 e. The minimum atomic E-state index is -2.43. The van der Waals surface area contributed by atoms with Crippen LogP contribution in [0.2, 0.25) is 6.04 Å². The SMILES string of the molecule is CCCC1(OC)C(C(C)CNC=Cc2ccccc2)CCC[Si]1(OC)OC. The molecule has 27 heavy (non-hydrogen) atoms. The van der Waals surface area contributed by atoms with Gasteiger partial charge in [0.1, 0.15) is 5.22 Å². The molecule has 1 aliphatic heterocycles. The molecular formula is C22H37NO3Si. The average Bonchev–Trinajstić information content (AvgIpc) is 2.72. The molecule has 0 spiro atoms. The van der Waals surface area contributed by atoms with E-state index in [0.29, 0.717) is 11.8 Å². The maximum atomic E-state index is 6.29. The molecule has 4 nitrogen and oxygen atoms in total. The fourth-order valence-corrected chi connectivity index (χ4v) is 9.23. The van der Waals surface area contributed by atoms with Gasteiger partial charge in [-0.05, 0) is 48.6 Å². The number of ether oxygens (including phenoxy) is 1. The first-order valence-electron chi connectivity index (χ1n) is 10.2. The van der Waals surface area contributed by atoms with Crippen LogP contribution in [0.3, 0.4) is 0 Å². The van der Waals surface area contributed by atoms with Gasteiger partial charge >= 0.3 is 8.56 Å². The Kier molecular flexibility index (Phi) is 8.54. The number of methoxy groups -OCH3 is 1. The minimum Gasteiger partial charge on any atom is -0.396 e. The lowest BCUT2D eigenvalue weighted by molar-refractivity contribution is -0.0691. The van der Waals surface area contributed by atoms with Gasteiger partial charge in [-0.1, -0.05) is 57.0 Å². The van der Waals surface area contributed by atoms with Gasteiger partial charge in [0.25, 0.3) is 0 Å². The summed E-state index contributed by atoms with van der Waals surface area (Å²) in [6, 6.07) is 11.4. The molecule has 3 unspecified atom stereocenters. The molecule has 5 heteroatoms. The molecule has 1 heterocycles. The van der Waals surface area contributed by atoms with Crippen LogP contribution in [0.4, 0.5) is 0 Å². The molecule has 0 amide bonds. The summed E-state index contributed by atoms with van der Waals surface area (Å²) in [5.74, 6) is 0.898. The summed E-state index contributed by atoms with van der Waals surface area (Å²) in [6.07, 6.45) is 8.55. The second-order valence-corrected chi connectivity index (χ2v) is 11.3. The van der Waals surface area contributed by atoms with Crippen LogP contribution >= 0.6 is 0 Å². The molecule has 3 atom stereocenters. The predicted molar refractivity (Wildman–Crippen MR) is 115 cm³/mol. The minimum absolute atomic E-state index is 0.284. The second-order valence-electron chi connectivity index (χ2n) is 7.63. The van der Waals surface area contributed by atoms with Gasteiger partial charge in [0.05, 0.1) is 0 Å². The van der Waals surface area contributed by atoms with Gasteiger partial charge in [-0.25, -0.2) is 0 Å². The average molecular weight is 392 g/mol. The first-order chi connectivity index (χ1) is 13.1. The molecular weight excluding hydrogens is 354 g/mol. The van der Waals surface area contributed by atoms with Crippen molar-refractivity contribution in [3.8, 4) is 0 Å². The summed E-state index contributed by atoms with van der Waals surface area (Å²) in [6.45, 7) is 5.47. The summed E-state index contributed by atoms with van der Waals surface area (Å²) >= 11 is 0. The van der Waals surface area contributed by atoms with E-state index in [-0.39, 0.29) is 5.22 Å². The maximum absolute atomic E-state index is 6.29. The molecule has 1 N–H and O–H groups in total. The number of hydrogen-bond donors (Lipinski definition) is 1. The Hall–Kier alpha value is -1.14. The van der Waals surface area contributed by atoms with E-state index in [9.17, 15) is 0 Å². The van der Waals surface area contributed by atoms with Crippen molar-refractivity contribution >= 4 is 14.6 Å². The van der Waals surface area contributed by atoms with Crippen molar-refractivity contribution in [3.63, 3.8) is 0 Å². The maximum Gasteiger partial charge on any atom is 0.371 e. The van der Waals surface area contributed by atoms with Crippen molar-refractivity contribution in [1.82, 2.24) is 5.32 Å². The van der Waals surface area contributed by atoms with Crippen molar-refractivity contribution in [2.75, 3.05) is 27.9 Å². The molecule has 1 aromatic carbocycles. The van der Waals surface area contributed by atoms with E-state index in [4.69, 9.17) is 13.6 Å². The molecule has 1 aromatic rings. The van der Waals surface area contributed by atoms with Crippen LogP contribution < -0.4 is 5.32 Å². The Bertz CT molecular complexity index is 576. The third kappa shape index (κ3) is 4.65. The molecule has 152 valence electrons. The first kappa shape index (κ1) is 22.1. The Labute approximate surface area is 166 Å². The van der Waals surface area contributed by atoms with Crippen molar-refractivity contribution in [1.29, 1.82) is 0 Å². The van der Waals surface area contributed by atoms with Gasteiger partial charge in [-0.15, -0.1) is 0 Å². The van der Waals surface area contributed by atoms with E-state index in [1.165, 1.54) is 12.0 Å². The zero-order valence-corrected chi connectivity index (χ0v) is 18.7. The molecule has 0 aromatic heterocycles. The van der Waals surface area contributed by atoms with E-state index in [1.54, 1.807) is 0 Å². The second kappa shape index (κ2) is 10.4. The zero-order valence-electron chi connectivity index (χ0n) is 17.7. The van der Waals surface area contributed by atoms with Crippen molar-refractivity contribution in [3.05, 3.63) is 42.1 Å². The van der Waals surface area contributed by atoms with Gasteiger partial charge in [-0.3, -0.25) is 0 Å². The number of hydrogen-bond acceptors (Lipinski definition) is 4. The van der Waals surface area contributed by atoms with Gasteiger partial charge < -0.3 is 18.9 Å². The highest BCUT2D eigenvalue weighted by Crippen LogP contribution is 2.49. The fraction of sp³-hybridized carbons (Fsp3) is 0.636. The lowest BCUT2D eigenvalue weighted by atomic mass is 9.82. The van der Waals surface area contributed by atoms with E-state index < -0.39 is 8.56 Å². The molecule has 0 saturated carbocycles. The van der Waals surface area contributed by atoms with Crippen LogP contribution in [-0.4, -0.2) is 41.7 Å². The summed E-state index contributed by atoms with van der Waals surface area (Å²) in [4.78, 5) is 0. The smallest absolute Gasteiger partial charge is 0.371 e. The summed E-state index contributed by atoms with van der Waals surface area (Å²) in [5, 5.41) is 3.21. The lowest BCUT2D eigenvalue weighted by Gasteiger charge is -2.54. The van der Waals surface area contributed by atoms with Gasteiger partial charge in [0.15, 0.2) is 0 Å². The standard InChI is InChI=1S/C22H37NO3Si/c1-6-15-22(24-3)21(13-10-17-27(22,25-4)26-5)19(2)18-23-16-14-20-11-8-7-9-12-20/h7-9,11-12,14,16,19,21,23H,6,10,13,15,17-18H2,1-5H3. The van der Waals surface area contributed by atoms with Crippen LogP contribution in [0.15, 0.2) is 36.5 Å². The van der Waals surface area contributed by atoms with Gasteiger partial charge in [0.2, 0.25) is 0 Å². The quantitative estimate of drug-likeness (QED) is 0.584. The third-order valence-corrected chi connectivity index (χ3v) is 10.7. The van der Waals surface area contributed by atoms with E-state index >= 15 is 0 Å².